The van der Waals surface area contributed by atoms with Crippen LogP contribution >= 0.6 is 7.68 Å². The molecule has 0 aromatic rings. The van der Waals surface area contributed by atoms with Crippen LogP contribution in [-0.2, 0) is 9.09 Å². The SMILES string of the molecule is CCC(C)OP(=O)(F)CC. The van der Waals surface area contributed by atoms with Gasteiger partial charge in [-0.15, -0.1) is 0 Å². The molecule has 10 heavy (non-hydrogen) atoms. The summed E-state index contributed by atoms with van der Waals surface area (Å²) in [7, 11) is -3.75. The van der Waals surface area contributed by atoms with Gasteiger partial charge in [-0.3, -0.25) is 4.57 Å². The summed E-state index contributed by atoms with van der Waals surface area (Å²) < 4.78 is 27.9. The third-order valence-electron chi connectivity index (χ3n) is 1.29. The standard InChI is InChI=1S/C6H14FO2P/c1-4-6(3)9-10(7,8)5-2/h6H,4-5H2,1-3H3. The van der Waals surface area contributed by atoms with Crippen molar-refractivity contribution in [3.8, 4) is 0 Å². The van der Waals surface area contributed by atoms with Crippen molar-refractivity contribution >= 4 is 7.68 Å². The molecule has 4 heteroatoms. The molecule has 0 fully saturated rings. The molecule has 0 radical (unpaired) electrons. The van der Waals surface area contributed by atoms with Gasteiger partial charge in [-0.1, -0.05) is 13.8 Å². The maximum atomic E-state index is 12.6. The second-order valence-corrected chi connectivity index (χ2v) is 4.25. The van der Waals surface area contributed by atoms with Gasteiger partial charge in [0.05, 0.1) is 12.3 Å². The van der Waals surface area contributed by atoms with Crippen LogP contribution in [0.5, 0.6) is 0 Å². The quantitative estimate of drug-likeness (QED) is 0.603. The second kappa shape index (κ2) is 4.09. The summed E-state index contributed by atoms with van der Waals surface area (Å²) in [4.78, 5) is 0. The summed E-state index contributed by atoms with van der Waals surface area (Å²) in [5, 5.41) is 0. The molecule has 0 amide bonds. The summed E-state index contributed by atoms with van der Waals surface area (Å²) in [6, 6.07) is 0. The van der Waals surface area contributed by atoms with E-state index in [-0.39, 0.29) is 12.3 Å². The fourth-order valence-corrected chi connectivity index (χ4v) is 1.25. The highest BCUT2D eigenvalue weighted by Crippen LogP contribution is 2.49. The molecule has 0 saturated heterocycles. The molecular weight excluding hydrogens is 154 g/mol. The van der Waals surface area contributed by atoms with Gasteiger partial charge < -0.3 is 4.52 Å². The van der Waals surface area contributed by atoms with Crippen LogP contribution in [0.3, 0.4) is 0 Å². The Hall–Kier alpha value is 0.120. The van der Waals surface area contributed by atoms with Crippen molar-refractivity contribution in [1.29, 1.82) is 0 Å². The van der Waals surface area contributed by atoms with Gasteiger partial charge in [0.2, 0.25) is 0 Å². The van der Waals surface area contributed by atoms with Gasteiger partial charge in [0, 0.05) is 0 Å². The largest absolute Gasteiger partial charge is 0.367 e. The van der Waals surface area contributed by atoms with E-state index in [0.29, 0.717) is 6.42 Å². The van der Waals surface area contributed by atoms with Crippen molar-refractivity contribution in [1.82, 2.24) is 0 Å². The predicted octanol–water partition coefficient (Wildman–Crippen LogP) is 2.98. The van der Waals surface area contributed by atoms with Gasteiger partial charge in [0.15, 0.2) is 0 Å². The van der Waals surface area contributed by atoms with Gasteiger partial charge in [0.25, 0.3) is 0 Å². The predicted molar refractivity (Wildman–Crippen MR) is 40.1 cm³/mol. The first kappa shape index (κ1) is 10.1. The van der Waals surface area contributed by atoms with Crippen molar-refractivity contribution in [3.63, 3.8) is 0 Å². The number of halogens is 1. The van der Waals surface area contributed by atoms with Crippen LogP contribution in [-0.4, -0.2) is 12.3 Å². The summed E-state index contributed by atoms with van der Waals surface area (Å²) in [5.41, 5.74) is 0. The Bertz CT molecular complexity index is 138. The highest BCUT2D eigenvalue weighted by atomic mass is 31.2. The van der Waals surface area contributed by atoms with Gasteiger partial charge in [-0.25, -0.2) is 0 Å². The third kappa shape index (κ3) is 4.02. The van der Waals surface area contributed by atoms with E-state index in [1.807, 2.05) is 6.92 Å². The van der Waals surface area contributed by atoms with E-state index in [4.69, 9.17) is 0 Å². The molecule has 0 aromatic heterocycles. The number of hydrogen-bond donors (Lipinski definition) is 0. The molecule has 0 aliphatic carbocycles. The minimum absolute atomic E-state index is 0.0304. The summed E-state index contributed by atoms with van der Waals surface area (Å²) in [6.07, 6.45) is 0.418. The van der Waals surface area contributed by atoms with Crippen molar-refractivity contribution in [2.75, 3.05) is 6.16 Å². The first-order chi connectivity index (χ1) is 4.52. The Morgan fingerprint density at radius 1 is 1.60 bits per heavy atom. The average molecular weight is 168 g/mol. The molecule has 0 spiro atoms. The maximum absolute atomic E-state index is 12.6. The molecule has 0 aromatic carbocycles. The normalized spacial score (nSPS) is 20.0. The van der Waals surface area contributed by atoms with Crippen LogP contribution in [0.1, 0.15) is 27.2 Å². The molecule has 0 heterocycles. The number of rotatable bonds is 4. The van der Waals surface area contributed by atoms with Crippen LogP contribution in [0.2, 0.25) is 0 Å². The molecule has 0 rings (SSSR count). The van der Waals surface area contributed by atoms with E-state index >= 15 is 0 Å². The maximum Gasteiger partial charge on any atom is 0.367 e. The Labute approximate surface area is 61.3 Å². The molecule has 0 N–H and O–H groups in total. The van der Waals surface area contributed by atoms with Crippen LogP contribution in [0.25, 0.3) is 0 Å². The van der Waals surface area contributed by atoms with Crippen LogP contribution < -0.4 is 0 Å². The van der Waals surface area contributed by atoms with Crippen molar-refractivity contribution in [2.45, 2.75) is 33.3 Å². The topological polar surface area (TPSA) is 26.3 Å². The van der Waals surface area contributed by atoms with Crippen LogP contribution in [0.4, 0.5) is 4.20 Å². The van der Waals surface area contributed by atoms with Gasteiger partial charge in [-0.2, -0.15) is 4.20 Å². The lowest BCUT2D eigenvalue weighted by Gasteiger charge is -2.12. The zero-order valence-electron chi connectivity index (χ0n) is 6.63. The van der Waals surface area contributed by atoms with E-state index in [1.54, 1.807) is 6.92 Å². The summed E-state index contributed by atoms with van der Waals surface area (Å²) in [5.74, 6) is 0. The lowest BCUT2D eigenvalue weighted by Crippen LogP contribution is -2.03. The molecule has 0 aliphatic heterocycles. The molecule has 0 bridgehead atoms. The van der Waals surface area contributed by atoms with E-state index < -0.39 is 7.68 Å². The van der Waals surface area contributed by atoms with E-state index in [2.05, 4.69) is 4.52 Å². The fraction of sp³-hybridized carbons (Fsp3) is 1.00. The van der Waals surface area contributed by atoms with Crippen LogP contribution in [0.15, 0.2) is 0 Å². The Balaban J connectivity index is 3.77. The van der Waals surface area contributed by atoms with Crippen molar-refractivity contribution < 1.29 is 13.3 Å². The van der Waals surface area contributed by atoms with Crippen molar-refractivity contribution in [2.24, 2.45) is 0 Å². The first-order valence-corrected chi connectivity index (χ1v) is 5.19. The first-order valence-electron chi connectivity index (χ1n) is 3.49. The Kier molecular flexibility index (Phi) is 4.14. The van der Waals surface area contributed by atoms with E-state index in [1.165, 1.54) is 6.92 Å². The molecule has 2 atom stereocenters. The highest BCUT2D eigenvalue weighted by Gasteiger charge is 2.20. The second-order valence-electron chi connectivity index (χ2n) is 2.23. The zero-order chi connectivity index (χ0) is 8.20. The van der Waals surface area contributed by atoms with Gasteiger partial charge in [-0.05, 0) is 13.3 Å². The zero-order valence-corrected chi connectivity index (χ0v) is 7.53. The minimum Gasteiger partial charge on any atom is -0.303 e. The smallest absolute Gasteiger partial charge is 0.303 e. The van der Waals surface area contributed by atoms with Crippen LogP contribution in [0, 0.1) is 0 Å². The van der Waals surface area contributed by atoms with Gasteiger partial charge >= 0.3 is 7.68 Å². The molecule has 62 valence electrons. The fourth-order valence-electron chi connectivity index (χ4n) is 0.418. The lowest BCUT2D eigenvalue weighted by atomic mass is 10.3. The Morgan fingerprint density at radius 2 is 2.10 bits per heavy atom. The number of hydrogen-bond acceptors (Lipinski definition) is 2. The van der Waals surface area contributed by atoms with E-state index in [0.717, 1.165) is 0 Å². The Morgan fingerprint density at radius 3 is 2.40 bits per heavy atom. The van der Waals surface area contributed by atoms with E-state index in [9.17, 15) is 8.76 Å². The minimum atomic E-state index is -3.75. The highest BCUT2D eigenvalue weighted by molar-refractivity contribution is 7.53. The monoisotopic (exact) mass is 168 g/mol. The van der Waals surface area contributed by atoms with Crippen molar-refractivity contribution in [3.05, 3.63) is 0 Å². The summed E-state index contributed by atoms with van der Waals surface area (Å²) in [6.45, 7) is 5.09. The molecule has 0 saturated carbocycles. The summed E-state index contributed by atoms with van der Waals surface area (Å²) >= 11 is 0. The van der Waals surface area contributed by atoms with Gasteiger partial charge in [0.1, 0.15) is 0 Å². The third-order valence-corrected chi connectivity index (χ3v) is 2.72. The molecular formula is C6H14FO2P. The lowest BCUT2D eigenvalue weighted by molar-refractivity contribution is 0.202. The molecule has 2 unspecified atom stereocenters. The average Bonchev–Trinajstić information content (AvgIpc) is 1.87. The molecule has 2 nitrogen and oxygen atoms in total. The molecule has 0 aliphatic rings.